The predicted octanol–water partition coefficient (Wildman–Crippen LogP) is 22.3. The first-order valence-corrected chi connectivity index (χ1v) is 32.8. The Morgan fingerprint density at radius 3 is 0.813 bits per heavy atom. The van der Waals surface area contributed by atoms with Gasteiger partial charge in [-0.2, -0.15) is 0 Å². The summed E-state index contributed by atoms with van der Waals surface area (Å²) in [6.45, 7) is 6.56. The number of hydrogen-bond acceptors (Lipinski definition) is 6. The van der Waals surface area contributed by atoms with Gasteiger partial charge >= 0.3 is 17.9 Å². The Kier molecular flexibility index (Phi) is 61.2. The third kappa shape index (κ3) is 61.8. The highest BCUT2D eigenvalue weighted by atomic mass is 16.6. The van der Waals surface area contributed by atoms with E-state index in [1.807, 2.05) is 0 Å². The number of unbranched alkanes of at least 4 members (excludes halogenated alkanes) is 39. The number of carbonyl (C=O) groups excluding carboxylic acids is 3. The van der Waals surface area contributed by atoms with Crippen LogP contribution in [0.1, 0.15) is 342 Å². The lowest BCUT2D eigenvalue weighted by Gasteiger charge is -2.18. The lowest BCUT2D eigenvalue weighted by Crippen LogP contribution is -2.30. The van der Waals surface area contributed by atoms with Crippen molar-refractivity contribution in [2.45, 2.75) is 348 Å². The van der Waals surface area contributed by atoms with E-state index in [2.05, 4.69) is 81.5 Å². The quantitative estimate of drug-likeness (QED) is 0.0261. The van der Waals surface area contributed by atoms with E-state index in [4.69, 9.17) is 14.2 Å². The molecule has 0 fully saturated rings. The third-order valence-corrected chi connectivity index (χ3v) is 14.5. The second-order valence-electron chi connectivity index (χ2n) is 22.0. The van der Waals surface area contributed by atoms with E-state index in [1.54, 1.807) is 0 Å². The average Bonchev–Trinajstić information content (AvgIpc) is 3.41. The van der Waals surface area contributed by atoms with Crippen LogP contribution in [0.25, 0.3) is 0 Å². The molecule has 0 spiro atoms. The van der Waals surface area contributed by atoms with Crippen LogP contribution < -0.4 is 0 Å². The molecule has 0 N–H and O–H groups in total. The van der Waals surface area contributed by atoms with Gasteiger partial charge < -0.3 is 14.2 Å². The van der Waals surface area contributed by atoms with E-state index in [1.165, 1.54) is 205 Å². The number of carbonyl (C=O) groups is 3. The Bertz CT molecular complexity index is 1340. The van der Waals surface area contributed by atoms with Crippen molar-refractivity contribution in [2.75, 3.05) is 13.2 Å². The molecule has 0 radical (unpaired) electrons. The molecular formula is C69H124O6. The summed E-state index contributed by atoms with van der Waals surface area (Å²) in [4.78, 5) is 38.4. The molecule has 0 rings (SSSR count). The fourth-order valence-corrected chi connectivity index (χ4v) is 9.65. The van der Waals surface area contributed by atoms with Gasteiger partial charge in [0.05, 0.1) is 0 Å². The normalized spacial score (nSPS) is 12.4. The number of rotatable bonds is 60. The zero-order valence-electron chi connectivity index (χ0n) is 50.1. The van der Waals surface area contributed by atoms with Crippen molar-refractivity contribution >= 4 is 17.9 Å². The molecular weight excluding hydrogens is 925 g/mol. The van der Waals surface area contributed by atoms with Gasteiger partial charge in [0.2, 0.25) is 0 Å². The Morgan fingerprint density at radius 2 is 0.520 bits per heavy atom. The smallest absolute Gasteiger partial charge is 0.306 e. The van der Waals surface area contributed by atoms with Crippen LogP contribution in [0.3, 0.4) is 0 Å². The van der Waals surface area contributed by atoms with Gasteiger partial charge in [0, 0.05) is 19.3 Å². The minimum atomic E-state index is -0.790. The molecule has 0 saturated carbocycles. The molecule has 0 aromatic carbocycles. The number of ether oxygens (including phenoxy) is 3. The first-order chi connectivity index (χ1) is 37.0. The zero-order valence-corrected chi connectivity index (χ0v) is 50.1. The molecule has 0 aliphatic heterocycles. The summed E-state index contributed by atoms with van der Waals surface area (Å²) in [6, 6.07) is 0. The van der Waals surface area contributed by atoms with Crippen LogP contribution in [0.4, 0.5) is 0 Å². The maximum Gasteiger partial charge on any atom is 0.306 e. The van der Waals surface area contributed by atoms with Gasteiger partial charge in [-0.1, -0.05) is 319 Å². The molecule has 0 heterocycles. The van der Waals surface area contributed by atoms with E-state index in [0.29, 0.717) is 19.3 Å². The Morgan fingerprint density at radius 1 is 0.280 bits per heavy atom. The van der Waals surface area contributed by atoms with Crippen LogP contribution in [0.2, 0.25) is 0 Å². The first kappa shape index (κ1) is 72.1. The van der Waals surface area contributed by atoms with E-state index in [9.17, 15) is 14.4 Å². The molecule has 1 atom stereocenters. The van der Waals surface area contributed by atoms with E-state index < -0.39 is 6.10 Å². The maximum absolute atomic E-state index is 12.9. The van der Waals surface area contributed by atoms with Gasteiger partial charge in [0.25, 0.3) is 0 Å². The summed E-state index contributed by atoms with van der Waals surface area (Å²) in [5, 5.41) is 0. The Hall–Kier alpha value is -2.89. The van der Waals surface area contributed by atoms with Crippen LogP contribution in [0.5, 0.6) is 0 Å². The van der Waals surface area contributed by atoms with E-state index in [0.717, 1.165) is 96.3 Å². The van der Waals surface area contributed by atoms with Gasteiger partial charge in [-0.3, -0.25) is 14.4 Å². The summed E-state index contributed by atoms with van der Waals surface area (Å²) in [7, 11) is 0. The topological polar surface area (TPSA) is 78.9 Å². The molecule has 0 aliphatic carbocycles. The van der Waals surface area contributed by atoms with Gasteiger partial charge in [-0.05, 0) is 64.2 Å². The third-order valence-electron chi connectivity index (χ3n) is 14.5. The standard InChI is InChI=1S/C69H124O6/c1-4-7-10-13-16-19-22-25-28-31-33-34-36-38-41-44-47-50-53-56-59-62-68(71)74-65-66(64-73-67(70)61-58-55-52-49-46-43-40-37-30-27-24-21-18-15-12-9-6-3)75-69(72)63-60-57-54-51-48-45-42-39-35-32-29-26-23-20-17-14-11-8-5-2/h8,11,17,20,26,29,35,39,45,48,66H,4-7,9-10,12-16,18-19,21-25,27-28,30-34,36-38,40-44,46-47,49-65H2,1-3H3/b11-8-,20-17-,29-26-,39-35-,48-45-. The molecule has 0 aromatic rings. The van der Waals surface area contributed by atoms with Crippen molar-refractivity contribution in [2.24, 2.45) is 0 Å². The Labute approximate surface area is 466 Å². The van der Waals surface area contributed by atoms with Crippen LogP contribution in [0, 0.1) is 0 Å². The maximum atomic E-state index is 12.9. The fourth-order valence-electron chi connectivity index (χ4n) is 9.65. The molecule has 1 unspecified atom stereocenters. The van der Waals surface area contributed by atoms with Crippen molar-refractivity contribution in [1.29, 1.82) is 0 Å². The van der Waals surface area contributed by atoms with Crippen LogP contribution >= 0.6 is 0 Å². The fraction of sp³-hybridized carbons (Fsp3) is 0.812. The van der Waals surface area contributed by atoms with Crippen molar-refractivity contribution in [3.05, 3.63) is 60.8 Å². The number of hydrogen-bond donors (Lipinski definition) is 0. The minimum absolute atomic E-state index is 0.0830. The zero-order chi connectivity index (χ0) is 54.3. The van der Waals surface area contributed by atoms with E-state index in [-0.39, 0.29) is 31.1 Å². The molecule has 75 heavy (non-hydrogen) atoms. The summed E-state index contributed by atoms with van der Waals surface area (Å²) < 4.78 is 16.9. The first-order valence-electron chi connectivity index (χ1n) is 32.8. The van der Waals surface area contributed by atoms with Gasteiger partial charge in [0.1, 0.15) is 13.2 Å². The summed E-state index contributed by atoms with van der Waals surface area (Å²) >= 11 is 0. The second kappa shape index (κ2) is 63.6. The molecule has 0 bridgehead atoms. The molecule has 0 aromatic heterocycles. The molecule has 436 valence electrons. The molecule has 0 saturated heterocycles. The molecule has 0 amide bonds. The predicted molar refractivity (Wildman–Crippen MR) is 325 cm³/mol. The van der Waals surface area contributed by atoms with Crippen molar-refractivity contribution in [1.82, 2.24) is 0 Å². The average molecular weight is 1050 g/mol. The highest BCUT2D eigenvalue weighted by Crippen LogP contribution is 2.18. The highest BCUT2D eigenvalue weighted by Gasteiger charge is 2.19. The van der Waals surface area contributed by atoms with Gasteiger partial charge in [-0.15, -0.1) is 0 Å². The monoisotopic (exact) mass is 1050 g/mol. The van der Waals surface area contributed by atoms with Crippen LogP contribution in [-0.4, -0.2) is 37.2 Å². The lowest BCUT2D eigenvalue weighted by atomic mass is 10.0. The van der Waals surface area contributed by atoms with Gasteiger partial charge in [0.15, 0.2) is 6.10 Å². The molecule has 6 heteroatoms. The van der Waals surface area contributed by atoms with Crippen LogP contribution in [-0.2, 0) is 28.6 Å². The minimum Gasteiger partial charge on any atom is -0.462 e. The van der Waals surface area contributed by atoms with Crippen molar-refractivity contribution in [3.8, 4) is 0 Å². The highest BCUT2D eigenvalue weighted by molar-refractivity contribution is 5.71. The summed E-state index contributed by atoms with van der Waals surface area (Å²) in [5.74, 6) is -0.892. The summed E-state index contributed by atoms with van der Waals surface area (Å²) in [5.41, 5.74) is 0. The SMILES string of the molecule is CC/C=C\C/C=C\C/C=C\C/C=C\C/C=C\CCCCCC(=O)OC(COC(=O)CCCCCCCCCCCCCCCCCCC)COC(=O)CCCCCCCCCCCCCCCCCCCCCCC. The summed E-state index contributed by atoms with van der Waals surface area (Å²) in [6.07, 6.45) is 80.9. The van der Waals surface area contributed by atoms with E-state index >= 15 is 0 Å². The van der Waals surface area contributed by atoms with Gasteiger partial charge in [-0.25, -0.2) is 0 Å². The number of esters is 3. The lowest BCUT2D eigenvalue weighted by molar-refractivity contribution is -0.167. The van der Waals surface area contributed by atoms with Crippen molar-refractivity contribution < 1.29 is 28.6 Å². The molecule has 6 nitrogen and oxygen atoms in total. The second-order valence-corrected chi connectivity index (χ2v) is 22.0. The van der Waals surface area contributed by atoms with Crippen molar-refractivity contribution in [3.63, 3.8) is 0 Å². The molecule has 0 aliphatic rings. The largest absolute Gasteiger partial charge is 0.462 e. The number of allylic oxidation sites excluding steroid dienone is 10. The Balaban J connectivity index is 4.38. The van der Waals surface area contributed by atoms with Crippen LogP contribution in [0.15, 0.2) is 60.8 Å².